The van der Waals surface area contributed by atoms with E-state index in [0.29, 0.717) is 18.7 Å². The van der Waals surface area contributed by atoms with Gasteiger partial charge in [-0.3, -0.25) is 14.5 Å². The SMILES string of the molecule is Cc1ccc(N2CCN(C(C(=O)O)c3cn(CC(=O)O)c4ccccc34)CC2)c(C)c1. The predicted octanol–water partition coefficient (Wildman–Crippen LogP) is 3.29. The largest absolute Gasteiger partial charge is 0.480 e. The molecule has 0 spiro atoms. The predicted molar refractivity (Wildman–Crippen MR) is 120 cm³/mol. The summed E-state index contributed by atoms with van der Waals surface area (Å²) in [7, 11) is 0. The Labute approximate surface area is 181 Å². The van der Waals surface area contributed by atoms with Crippen molar-refractivity contribution >= 4 is 28.5 Å². The normalized spacial score (nSPS) is 15.9. The molecule has 2 N–H and O–H groups in total. The smallest absolute Gasteiger partial charge is 0.325 e. The minimum atomic E-state index is -0.957. The van der Waals surface area contributed by atoms with E-state index in [4.69, 9.17) is 0 Å². The summed E-state index contributed by atoms with van der Waals surface area (Å²) >= 11 is 0. The standard InChI is InChI=1S/C24H27N3O4/c1-16-7-8-20(17(2)13-16)25-9-11-26(12-10-25)23(24(30)31)19-14-27(15-22(28)29)21-6-4-3-5-18(19)21/h3-8,13-14,23H,9-12,15H2,1-2H3,(H,28,29)(H,30,31). The molecule has 2 heterocycles. The van der Waals surface area contributed by atoms with Gasteiger partial charge in [-0.25, -0.2) is 0 Å². The number of carboxylic acids is 2. The number of para-hydroxylation sites is 1. The van der Waals surface area contributed by atoms with Gasteiger partial charge in [0.05, 0.1) is 0 Å². The molecule has 0 saturated carbocycles. The van der Waals surface area contributed by atoms with Gasteiger partial charge in [0.15, 0.2) is 0 Å². The second-order valence-corrected chi connectivity index (χ2v) is 8.18. The van der Waals surface area contributed by atoms with Crippen molar-refractivity contribution in [2.75, 3.05) is 31.1 Å². The Morgan fingerprint density at radius 2 is 1.71 bits per heavy atom. The van der Waals surface area contributed by atoms with Crippen molar-refractivity contribution in [3.63, 3.8) is 0 Å². The first-order valence-corrected chi connectivity index (χ1v) is 10.4. The molecule has 2 aromatic carbocycles. The van der Waals surface area contributed by atoms with Crippen LogP contribution < -0.4 is 4.90 Å². The molecule has 0 radical (unpaired) electrons. The fraction of sp³-hybridized carbons (Fsp3) is 0.333. The van der Waals surface area contributed by atoms with Crippen LogP contribution in [0.25, 0.3) is 10.9 Å². The van der Waals surface area contributed by atoms with Crippen LogP contribution in [0.4, 0.5) is 5.69 Å². The summed E-state index contributed by atoms with van der Waals surface area (Å²) in [6, 6.07) is 13.0. The van der Waals surface area contributed by atoms with Crippen molar-refractivity contribution in [2.45, 2.75) is 26.4 Å². The highest BCUT2D eigenvalue weighted by Crippen LogP contribution is 2.32. The van der Waals surface area contributed by atoms with Crippen molar-refractivity contribution in [3.05, 3.63) is 65.4 Å². The number of hydrogen-bond acceptors (Lipinski definition) is 4. The number of carbonyl (C=O) groups is 2. The van der Waals surface area contributed by atoms with Gasteiger partial charge in [-0.15, -0.1) is 0 Å². The number of hydrogen-bond donors (Lipinski definition) is 2. The van der Waals surface area contributed by atoms with Gasteiger partial charge in [0.2, 0.25) is 0 Å². The van der Waals surface area contributed by atoms with Crippen LogP contribution in [0.2, 0.25) is 0 Å². The maximum Gasteiger partial charge on any atom is 0.325 e. The Balaban J connectivity index is 1.61. The summed E-state index contributed by atoms with van der Waals surface area (Å²) < 4.78 is 1.62. The lowest BCUT2D eigenvalue weighted by Crippen LogP contribution is -2.49. The molecule has 1 atom stereocenters. The first-order valence-electron chi connectivity index (χ1n) is 10.4. The molecule has 162 valence electrons. The third kappa shape index (κ3) is 4.14. The van der Waals surface area contributed by atoms with Gasteiger partial charge in [-0.05, 0) is 31.5 Å². The molecule has 31 heavy (non-hydrogen) atoms. The zero-order valence-electron chi connectivity index (χ0n) is 17.8. The molecule has 7 heteroatoms. The molecule has 0 aliphatic carbocycles. The van der Waals surface area contributed by atoms with Crippen LogP contribution in [0.15, 0.2) is 48.7 Å². The molecule has 3 aromatic rings. The highest BCUT2D eigenvalue weighted by atomic mass is 16.4. The highest BCUT2D eigenvalue weighted by molar-refractivity contribution is 5.90. The van der Waals surface area contributed by atoms with E-state index in [9.17, 15) is 19.8 Å². The molecule has 1 saturated heterocycles. The summed E-state index contributed by atoms with van der Waals surface area (Å²) in [6.07, 6.45) is 1.69. The zero-order chi connectivity index (χ0) is 22.1. The third-order valence-corrected chi connectivity index (χ3v) is 6.03. The van der Waals surface area contributed by atoms with Gasteiger partial charge in [-0.1, -0.05) is 35.9 Å². The number of nitrogens with zero attached hydrogens (tertiary/aromatic N) is 3. The van der Waals surface area contributed by atoms with Crippen LogP contribution in [0.3, 0.4) is 0 Å². The molecular weight excluding hydrogens is 394 g/mol. The molecule has 0 bridgehead atoms. The van der Waals surface area contributed by atoms with Gasteiger partial charge in [0.25, 0.3) is 0 Å². The second kappa shape index (κ2) is 8.43. The summed E-state index contributed by atoms with van der Waals surface area (Å²) in [5.74, 6) is -1.88. The van der Waals surface area contributed by atoms with Crippen LogP contribution >= 0.6 is 0 Å². The Morgan fingerprint density at radius 1 is 1.00 bits per heavy atom. The van der Waals surface area contributed by atoms with E-state index in [1.165, 1.54) is 16.8 Å². The second-order valence-electron chi connectivity index (χ2n) is 8.18. The van der Waals surface area contributed by atoms with E-state index in [1.807, 2.05) is 29.2 Å². The van der Waals surface area contributed by atoms with Crippen molar-refractivity contribution in [2.24, 2.45) is 0 Å². The molecule has 7 nitrogen and oxygen atoms in total. The number of piperazine rings is 1. The number of aliphatic carboxylic acids is 2. The molecule has 1 aliphatic heterocycles. The van der Waals surface area contributed by atoms with Crippen LogP contribution in [-0.4, -0.2) is 57.8 Å². The van der Waals surface area contributed by atoms with Gasteiger partial charge in [0.1, 0.15) is 12.6 Å². The van der Waals surface area contributed by atoms with E-state index in [1.54, 1.807) is 10.8 Å². The van der Waals surface area contributed by atoms with E-state index in [-0.39, 0.29) is 6.54 Å². The number of benzene rings is 2. The van der Waals surface area contributed by atoms with Gasteiger partial charge >= 0.3 is 11.9 Å². The van der Waals surface area contributed by atoms with Crippen LogP contribution in [-0.2, 0) is 16.1 Å². The molecule has 1 aromatic heterocycles. The lowest BCUT2D eigenvalue weighted by atomic mass is 10.0. The molecule has 1 fully saturated rings. The Bertz CT molecular complexity index is 1130. The van der Waals surface area contributed by atoms with Crippen molar-refractivity contribution < 1.29 is 19.8 Å². The quantitative estimate of drug-likeness (QED) is 0.635. The molecular formula is C24H27N3O4. The number of rotatable bonds is 6. The first-order chi connectivity index (χ1) is 14.8. The number of carboxylic acid groups (broad SMARTS) is 2. The maximum absolute atomic E-state index is 12.3. The van der Waals surface area contributed by atoms with Crippen molar-refractivity contribution in [3.8, 4) is 0 Å². The average Bonchev–Trinajstić information content (AvgIpc) is 3.06. The molecule has 1 aliphatic rings. The highest BCUT2D eigenvalue weighted by Gasteiger charge is 2.33. The minimum Gasteiger partial charge on any atom is -0.480 e. The first kappa shape index (κ1) is 20.9. The summed E-state index contributed by atoms with van der Waals surface area (Å²) in [5, 5.41) is 20.1. The molecule has 4 rings (SSSR count). The number of aryl methyl sites for hydroxylation is 2. The number of aromatic nitrogens is 1. The van der Waals surface area contributed by atoms with Gasteiger partial charge in [-0.2, -0.15) is 0 Å². The Kier molecular flexibility index (Phi) is 5.69. The average molecular weight is 421 g/mol. The van der Waals surface area contributed by atoms with E-state index < -0.39 is 18.0 Å². The van der Waals surface area contributed by atoms with Gasteiger partial charge < -0.3 is 19.7 Å². The summed E-state index contributed by atoms with van der Waals surface area (Å²) in [4.78, 5) is 27.9. The van der Waals surface area contributed by atoms with Gasteiger partial charge in [0, 0.05) is 54.5 Å². The number of fused-ring (bicyclic) bond motifs is 1. The monoisotopic (exact) mass is 421 g/mol. The van der Waals surface area contributed by atoms with Crippen molar-refractivity contribution in [1.29, 1.82) is 0 Å². The maximum atomic E-state index is 12.3. The molecule has 1 unspecified atom stereocenters. The van der Waals surface area contributed by atoms with Crippen LogP contribution in [0, 0.1) is 13.8 Å². The zero-order valence-corrected chi connectivity index (χ0v) is 17.8. The fourth-order valence-corrected chi connectivity index (χ4v) is 4.64. The lowest BCUT2D eigenvalue weighted by molar-refractivity contribution is -0.143. The minimum absolute atomic E-state index is 0.201. The summed E-state index contributed by atoms with van der Waals surface area (Å²) in [6.45, 7) is 6.68. The van der Waals surface area contributed by atoms with Crippen molar-refractivity contribution in [1.82, 2.24) is 9.47 Å². The third-order valence-electron chi connectivity index (χ3n) is 6.03. The van der Waals surface area contributed by atoms with E-state index in [0.717, 1.165) is 24.0 Å². The fourth-order valence-electron chi connectivity index (χ4n) is 4.64. The Morgan fingerprint density at radius 3 is 2.35 bits per heavy atom. The summed E-state index contributed by atoms with van der Waals surface area (Å²) in [5.41, 5.74) is 5.02. The lowest BCUT2D eigenvalue weighted by Gasteiger charge is -2.39. The molecule has 0 amide bonds. The number of anilines is 1. The van der Waals surface area contributed by atoms with E-state index in [2.05, 4.69) is 36.9 Å². The topological polar surface area (TPSA) is 86.0 Å². The van der Waals surface area contributed by atoms with E-state index >= 15 is 0 Å². The Hall–Kier alpha value is -3.32. The van der Waals surface area contributed by atoms with Crippen LogP contribution in [0.5, 0.6) is 0 Å². The van der Waals surface area contributed by atoms with Crippen LogP contribution in [0.1, 0.15) is 22.7 Å².